The molecular formula is C14H15ClN6S2. The summed E-state index contributed by atoms with van der Waals surface area (Å²) in [7, 11) is 0. The first-order valence-corrected chi connectivity index (χ1v) is 7.97. The van der Waals surface area contributed by atoms with Gasteiger partial charge in [-0.3, -0.25) is 0 Å². The van der Waals surface area contributed by atoms with E-state index in [9.17, 15) is 0 Å². The zero-order valence-electron chi connectivity index (χ0n) is 11.9. The zero-order valence-corrected chi connectivity index (χ0v) is 14.3. The number of nitrogens with zero attached hydrogens (tertiary/aromatic N) is 2. The number of hydrogen-bond acceptors (Lipinski definition) is 8. The molecule has 6 nitrogen and oxygen atoms in total. The Morgan fingerprint density at radius 2 is 1.04 bits per heavy atom. The fraction of sp³-hybridized carbons (Fsp3) is 0. The molecule has 0 aliphatic heterocycles. The van der Waals surface area contributed by atoms with Crippen molar-refractivity contribution in [2.24, 2.45) is 0 Å². The number of fused-ring (bicyclic) bond motifs is 2. The topological polar surface area (TPSA) is 130 Å². The van der Waals surface area contributed by atoms with Crippen LogP contribution in [0.1, 0.15) is 0 Å². The normalized spacial score (nSPS) is 10.1. The summed E-state index contributed by atoms with van der Waals surface area (Å²) < 4.78 is 2.09. The van der Waals surface area contributed by atoms with E-state index in [4.69, 9.17) is 22.9 Å². The van der Waals surface area contributed by atoms with Crippen LogP contribution in [0.15, 0.2) is 36.4 Å². The van der Waals surface area contributed by atoms with Gasteiger partial charge in [-0.25, -0.2) is 9.97 Å². The van der Waals surface area contributed by atoms with Crippen molar-refractivity contribution in [1.29, 1.82) is 0 Å². The van der Waals surface area contributed by atoms with Crippen LogP contribution in [-0.2, 0) is 0 Å². The molecule has 0 saturated carbocycles. The van der Waals surface area contributed by atoms with Crippen LogP contribution in [0.3, 0.4) is 0 Å². The van der Waals surface area contributed by atoms with E-state index in [1.54, 1.807) is 0 Å². The first kappa shape index (κ1) is 17.1. The summed E-state index contributed by atoms with van der Waals surface area (Å²) in [6.07, 6.45) is 0. The molecule has 0 unspecified atom stereocenters. The lowest BCUT2D eigenvalue weighted by Crippen LogP contribution is -1.81. The maximum absolute atomic E-state index is 5.57. The molecule has 0 aliphatic carbocycles. The summed E-state index contributed by atoms with van der Waals surface area (Å²) in [6.45, 7) is 0. The van der Waals surface area contributed by atoms with E-state index in [-0.39, 0.29) is 12.4 Å². The third-order valence-corrected chi connectivity index (χ3v) is 4.55. The smallest absolute Gasteiger partial charge is 0.181 e. The van der Waals surface area contributed by atoms with Crippen molar-refractivity contribution in [3.63, 3.8) is 0 Å². The molecule has 0 atom stereocenters. The van der Waals surface area contributed by atoms with Crippen LogP contribution in [0.2, 0.25) is 0 Å². The number of hydrogen-bond donors (Lipinski definition) is 4. The molecule has 0 spiro atoms. The monoisotopic (exact) mass is 366 g/mol. The van der Waals surface area contributed by atoms with Gasteiger partial charge in [-0.1, -0.05) is 22.7 Å². The maximum Gasteiger partial charge on any atom is 0.181 e. The number of halogens is 1. The second-order valence-corrected chi connectivity index (χ2v) is 6.68. The molecule has 120 valence electrons. The average Bonchev–Trinajstić information content (AvgIpc) is 2.99. The molecule has 0 fully saturated rings. The van der Waals surface area contributed by atoms with Gasteiger partial charge in [0.1, 0.15) is 0 Å². The summed E-state index contributed by atoms with van der Waals surface area (Å²) in [5.41, 5.74) is 25.5. The van der Waals surface area contributed by atoms with Gasteiger partial charge in [0.25, 0.3) is 0 Å². The predicted molar refractivity (Wildman–Crippen MR) is 104 cm³/mol. The number of rotatable bonds is 0. The molecule has 2 aromatic heterocycles. The highest BCUT2D eigenvalue weighted by atomic mass is 35.5. The van der Waals surface area contributed by atoms with Gasteiger partial charge >= 0.3 is 0 Å². The Morgan fingerprint density at radius 3 is 1.43 bits per heavy atom. The van der Waals surface area contributed by atoms with Gasteiger partial charge in [-0.15, -0.1) is 12.4 Å². The Morgan fingerprint density at radius 1 is 0.652 bits per heavy atom. The van der Waals surface area contributed by atoms with Crippen molar-refractivity contribution in [3.05, 3.63) is 36.4 Å². The van der Waals surface area contributed by atoms with Gasteiger partial charge in [0, 0.05) is 11.4 Å². The van der Waals surface area contributed by atoms with Crippen molar-refractivity contribution in [2.45, 2.75) is 0 Å². The molecule has 0 bridgehead atoms. The van der Waals surface area contributed by atoms with Gasteiger partial charge in [0.2, 0.25) is 0 Å². The number of anilines is 4. The number of nitrogens with two attached hydrogens (primary N) is 4. The average molecular weight is 367 g/mol. The SMILES string of the molecule is Cl.Nc1ccc2nc(N)sc2c1.Nc1ccc2nc(N)sc2c1. The highest BCUT2D eigenvalue weighted by Gasteiger charge is 2.00. The van der Waals surface area contributed by atoms with Crippen LogP contribution in [-0.4, -0.2) is 9.97 Å². The molecule has 0 saturated heterocycles. The predicted octanol–water partition coefficient (Wildman–Crippen LogP) is 3.34. The minimum Gasteiger partial charge on any atom is -0.399 e. The molecule has 2 heterocycles. The third kappa shape index (κ3) is 3.92. The third-order valence-electron chi connectivity index (χ3n) is 2.86. The quantitative estimate of drug-likeness (QED) is 0.353. The molecule has 2 aromatic carbocycles. The fourth-order valence-electron chi connectivity index (χ4n) is 1.92. The Labute approximate surface area is 146 Å². The van der Waals surface area contributed by atoms with Gasteiger partial charge in [0.15, 0.2) is 10.3 Å². The van der Waals surface area contributed by atoms with Gasteiger partial charge in [0.05, 0.1) is 20.4 Å². The molecule has 23 heavy (non-hydrogen) atoms. The van der Waals surface area contributed by atoms with Gasteiger partial charge in [-0.2, -0.15) is 0 Å². The Hall–Kier alpha value is -2.29. The van der Waals surface area contributed by atoms with E-state index < -0.39 is 0 Å². The molecule has 9 heteroatoms. The molecule has 0 radical (unpaired) electrons. The van der Waals surface area contributed by atoms with E-state index in [0.29, 0.717) is 10.3 Å². The molecule has 0 aliphatic rings. The summed E-state index contributed by atoms with van der Waals surface area (Å²) >= 11 is 2.91. The molecule has 0 amide bonds. The summed E-state index contributed by atoms with van der Waals surface area (Å²) in [5, 5.41) is 1.18. The zero-order chi connectivity index (χ0) is 15.7. The number of nitrogen functional groups attached to an aromatic ring is 4. The number of thiazole rings is 2. The lowest BCUT2D eigenvalue weighted by molar-refractivity contribution is 1.50. The number of benzene rings is 2. The molecule has 4 aromatic rings. The Balaban J connectivity index is 0.000000160. The summed E-state index contributed by atoms with van der Waals surface area (Å²) in [4.78, 5) is 8.19. The lowest BCUT2D eigenvalue weighted by Gasteiger charge is -1.88. The van der Waals surface area contributed by atoms with Crippen molar-refractivity contribution < 1.29 is 0 Å². The molecule has 4 rings (SSSR count). The minimum absolute atomic E-state index is 0. The summed E-state index contributed by atoms with van der Waals surface area (Å²) in [5.74, 6) is 0. The van der Waals surface area contributed by atoms with E-state index in [0.717, 1.165) is 31.8 Å². The minimum atomic E-state index is 0. The first-order valence-electron chi connectivity index (χ1n) is 6.34. The second-order valence-electron chi connectivity index (χ2n) is 4.56. The van der Waals surface area contributed by atoms with Crippen molar-refractivity contribution >= 4 is 77.2 Å². The highest BCUT2D eigenvalue weighted by Crippen LogP contribution is 2.25. The van der Waals surface area contributed by atoms with Crippen LogP contribution in [0.4, 0.5) is 21.6 Å². The van der Waals surface area contributed by atoms with Crippen molar-refractivity contribution in [3.8, 4) is 0 Å². The number of aromatic nitrogens is 2. The Kier molecular flexibility index (Phi) is 5.09. The van der Waals surface area contributed by atoms with Crippen LogP contribution in [0.5, 0.6) is 0 Å². The Bertz CT molecular complexity index is 871. The molecular weight excluding hydrogens is 352 g/mol. The van der Waals surface area contributed by atoms with Crippen LogP contribution in [0.25, 0.3) is 20.4 Å². The lowest BCUT2D eigenvalue weighted by atomic mass is 10.3. The van der Waals surface area contributed by atoms with Crippen LogP contribution >= 0.6 is 35.1 Å². The van der Waals surface area contributed by atoms with E-state index in [1.807, 2.05) is 36.4 Å². The second kappa shape index (κ2) is 6.86. The largest absolute Gasteiger partial charge is 0.399 e. The van der Waals surface area contributed by atoms with Crippen LogP contribution < -0.4 is 22.9 Å². The van der Waals surface area contributed by atoms with E-state index in [1.165, 1.54) is 22.7 Å². The standard InChI is InChI=1S/2C7H7N3S.ClH/c2*8-4-1-2-5-6(3-4)11-7(9)10-5;/h2*1-3H,8H2,(H2,9,10);1H. The van der Waals surface area contributed by atoms with Crippen LogP contribution in [0, 0.1) is 0 Å². The van der Waals surface area contributed by atoms with Gasteiger partial charge < -0.3 is 22.9 Å². The van der Waals surface area contributed by atoms with Crippen molar-refractivity contribution in [2.75, 3.05) is 22.9 Å². The maximum atomic E-state index is 5.57. The van der Waals surface area contributed by atoms with Crippen molar-refractivity contribution in [1.82, 2.24) is 9.97 Å². The highest BCUT2D eigenvalue weighted by molar-refractivity contribution is 7.22. The first-order chi connectivity index (χ1) is 10.5. The molecule has 8 N–H and O–H groups in total. The summed E-state index contributed by atoms with van der Waals surface area (Å²) in [6, 6.07) is 11.1. The fourth-order valence-corrected chi connectivity index (χ4v) is 3.48. The van der Waals surface area contributed by atoms with Gasteiger partial charge in [-0.05, 0) is 36.4 Å². The van der Waals surface area contributed by atoms with E-state index >= 15 is 0 Å². The van der Waals surface area contributed by atoms with E-state index in [2.05, 4.69) is 9.97 Å².